The molecule has 2 aromatic rings. The number of carbonyl (C=O) groups excluding carboxylic acids is 1. The Morgan fingerprint density at radius 3 is 2.77 bits per heavy atom. The largest absolute Gasteiger partial charge is 0.374 e. The summed E-state index contributed by atoms with van der Waals surface area (Å²) < 4.78 is 0. The van der Waals surface area contributed by atoms with Crippen LogP contribution in [0, 0.1) is 6.92 Å². The maximum atomic E-state index is 12.7. The molecule has 1 unspecified atom stereocenters. The van der Waals surface area contributed by atoms with Crippen molar-refractivity contribution in [2.24, 2.45) is 4.99 Å². The Hall–Kier alpha value is -2.53. The summed E-state index contributed by atoms with van der Waals surface area (Å²) in [5.41, 5.74) is 1.52. The Morgan fingerprint density at radius 2 is 2.00 bits per heavy atom. The molecule has 1 N–H and O–H groups in total. The molecule has 5 nitrogen and oxygen atoms in total. The number of aryl methyl sites for hydroxylation is 1. The molecular formula is C17H15N3O2. The maximum Gasteiger partial charge on any atom is 0.204 e. The van der Waals surface area contributed by atoms with Crippen LogP contribution in [0.5, 0.6) is 0 Å². The van der Waals surface area contributed by atoms with Crippen molar-refractivity contribution in [1.82, 2.24) is 4.98 Å². The number of fused-ring (bicyclic) bond motifs is 2. The number of anilines is 1. The van der Waals surface area contributed by atoms with Gasteiger partial charge in [-0.1, -0.05) is 17.7 Å². The number of Topliss-reactive ketones (excluding diaryl/α,β-unsaturated/α-hetero) is 1. The van der Waals surface area contributed by atoms with Gasteiger partial charge in [0.2, 0.25) is 5.78 Å². The number of benzene rings is 1. The minimum absolute atomic E-state index is 0.287. The highest BCUT2D eigenvalue weighted by atomic mass is 16.3. The molecule has 0 saturated carbocycles. The highest BCUT2D eigenvalue weighted by Gasteiger charge is 2.52. The Bertz CT molecular complexity index is 798. The summed E-state index contributed by atoms with van der Waals surface area (Å²) in [6, 6.07) is 9.59. The van der Waals surface area contributed by atoms with Gasteiger partial charge in [-0.2, -0.15) is 0 Å². The van der Waals surface area contributed by atoms with Crippen LogP contribution in [-0.4, -0.2) is 33.9 Å². The first kappa shape index (κ1) is 13.2. The number of aromatic nitrogens is 1. The van der Waals surface area contributed by atoms with E-state index in [1.807, 2.05) is 36.1 Å². The Kier molecular flexibility index (Phi) is 2.68. The second-order valence-corrected chi connectivity index (χ2v) is 5.75. The predicted molar refractivity (Wildman–Crippen MR) is 83.8 cm³/mol. The SMILES string of the molecule is Cc1ccc(N2CCC3(O)C(=O)c4ccncc4N=C23)cc1. The van der Waals surface area contributed by atoms with Crippen molar-refractivity contribution in [3.63, 3.8) is 0 Å². The number of nitrogens with zero attached hydrogens (tertiary/aromatic N) is 3. The van der Waals surface area contributed by atoms with E-state index >= 15 is 0 Å². The number of carbonyl (C=O) groups is 1. The van der Waals surface area contributed by atoms with Crippen LogP contribution in [0.4, 0.5) is 11.4 Å². The third kappa shape index (κ3) is 1.72. The van der Waals surface area contributed by atoms with Gasteiger partial charge in [0.05, 0.1) is 17.4 Å². The quantitative estimate of drug-likeness (QED) is 0.876. The molecule has 0 bridgehead atoms. The topological polar surface area (TPSA) is 65.8 Å². The lowest BCUT2D eigenvalue weighted by atomic mass is 9.88. The number of hydrogen-bond donors (Lipinski definition) is 1. The second-order valence-electron chi connectivity index (χ2n) is 5.75. The molecule has 0 amide bonds. The number of rotatable bonds is 1. The molecule has 22 heavy (non-hydrogen) atoms. The van der Waals surface area contributed by atoms with Crippen LogP contribution < -0.4 is 4.90 Å². The van der Waals surface area contributed by atoms with Gasteiger partial charge in [-0.25, -0.2) is 4.99 Å². The monoisotopic (exact) mass is 293 g/mol. The number of hydrogen-bond acceptors (Lipinski definition) is 5. The van der Waals surface area contributed by atoms with E-state index in [4.69, 9.17) is 0 Å². The van der Waals surface area contributed by atoms with Gasteiger partial charge >= 0.3 is 0 Å². The van der Waals surface area contributed by atoms with Gasteiger partial charge in [0, 0.05) is 24.8 Å². The lowest BCUT2D eigenvalue weighted by molar-refractivity contribution is 0.0602. The summed E-state index contributed by atoms with van der Waals surface area (Å²) in [7, 11) is 0. The van der Waals surface area contributed by atoms with E-state index in [-0.39, 0.29) is 5.78 Å². The standard InChI is InChI=1S/C17H15N3O2/c1-11-2-4-12(5-3-11)20-9-7-17(22)15(21)13-6-8-18-10-14(13)19-16(17)20/h2-6,8,10,22H,7,9H2,1H3. The van der Waals surface area contributed by atoms with Crippen LogP contribution in [-0.2, 0) is 0 Å². The van der Waals surface area contributed by atoms with Crippen molar-refractivity contribution in [1.29, 1.82) is 0 Å². The molecule has 1 fully saturated rings. The molecule has 1 aromatic carbocycles. The van der Waals surface area contributed by atoms with Gasteiger partial charge in [0.25, 0.3) is 0 Å². The summed E-state index contributed by atoms with van der Waals surface area (Å²) in [5.74, 6) is 0.117. The highest BCUT2D eigenvalue weighted by Crippen LogP contribution is 2.38. The van der Waals surface area contributed by atoms with Gasteiger partial charge in [-0.15, -0.1) is 0 Å². The average molecular weight is 293 g/mol. The minimum atomic E-state index is -1.53. The van der Waals surface area contributed by atoms with E-state index in [2.05, 4.69) is 9.98 Å². The Balaban J connectivity index is 1.85. The van der Waals surface area contributed by atoms with E-state index in [0.717, 1.165) is 11.3 Å². The molecule has 3 heterocycles. The zero-order chi connectivity index (χ0) is 15.3. The summed E-state index contributed by atoms with van der Waals surface area (Å²) in [4.78, 5) is 23.1. The van der Waals surface area contributed by atoms with Crippen LogP contribution in [0.2, 0.25) is 0 Å². The van der Waals surface area contributed by atoms with Crippen LogP contribution in [0.1, 0.15) is 22.3 Å². The van der Waals surface area contributed by atoms with E-state index < -0.39 is 5.60 Å². The molecule has 110 valence electrons. The van der Waals surface area contributed by atoms with E-state index in [1.54, 1.807) is 18.5 Å². The van der Waals surface area contributed by atoms with Crippen molar-refractivity contribution < 1.29 is 9.90 Å². The van der Waals surface area contributed by atoms with Gasteiger partial charge in [0.1, 0.15) is 5.84 Å². The van der Waals surface area contributed by atoms with Crippen molar-refractivity contribution in [2.75, 3.05) is 11.4 Å². The van der Waals surface area contributed by atoms with E-state index in [0.29, 0.717) is 30.1 Å². The van der Waals surface area contributed by atoms with Crippen LogP contribution in [0.25, 0.3) is 0 Å². The van der Waals surface area contributed by atoms with Gasteiger partial charge in [-0.3, -0.25) is 9.78 Å². The number of ketones is 1. The number of aliphatic hydroxyl groups is 1. The lowest BCUT2D eigenvalue weighted by Crippen LogP contribution is -2.48. The smallest absolute Gasteiger partial charge is 0.204 e. The fourth-order valence-electron chi connectivity index (χ4n) is 3.06. The fraction of sp³-hybridized carbons (Fsp3) is 0.235. The van der Waals surface area contributed by atoms with Crippen molar-refractivity contribution >= 4 is 23.0 Å². The first-order valence-corrected chi connectivity index (χ1v) is 7.24. The average Bonchev–Trinajstić information content (AvgIpc) is 2.87. The lowest BCUT2D eigenvalue weighted by Gasteiger charge is -2.29. The molecule has 5 heteroatoms. The van der Waals surface area contributed by atoms with Crippen molar-refractivity contribution in [3.8, 4) is 0 Å². The number of amidine groups is 1. The number of aliphatic imine (C=N–C) groups is 1. The minimum Gasteiger partial charge on any atom is -0.374 e. The summed E-state index contributed by atoms with van der Waals surface area (Å²) in [6.45, 7) is 2.58. The van der Waals surface area contributed by atoms with Crippen LogP contribution in [0.15, 0.2) is 47.7 Å². The van der Waals surface area contributed by atoms with Gasteiger partial charge in [-0.05, 0) is 25.1 Å². The highest BCUT2D eigenvalue weighted by molar-refractivity contribution is 6.28. The van der Waals surface area contributed by atoms with Crippen molar-refractivity contribution in [3.05, 3.63) is 53.9 Å². The van der Waals surface area contributed by atoms with Gasteiger partial charge < -0.3 is 10.0 Å². The van der Waals surface area contributed by atoms with E-state index in [9.17, 15) is 9.90 Å². The van der Waals surface area contributed by atoms with E-state index in [1.165, 1.54) is 0 Å². The number of pyridine rings is 1. The zero-order valence-electron chi connectivity index (χ0n) is 12.2. The first-order valence-electron chi connectivity index (χ1n) is 7.24. The van der Waals surface area contributed by atoms with Gasteiger partial charge in [0.15, 0.2) is 5.60 Å². The van der Waals surface area contributed by atoms with Crippen molar-refractivity contribution in [2.45, 2.75) is 18.9 Å². The molecule has 2 aliphatic heterocycles. The molecular weight excluding hydrogens is 278 g/mol. The third-order valence-electron chi connectivity index (χ3n) is 4.32. The molecule has 0 aliphatic carbocycles. The molecule has 1 aromatic heterocycles. The first-order chi connectivity index (χ1) is 10.6. The molecule has 0 spiro atoms. The summed E-state index contributed by atoms with van der Waals surface area (Å²) in [5, 5.41) is 10.9. The summed E-state index contributed by atoms with van der Waals surface area (Å²) in [6.07, 6.45) is 3.46. The third-order valence-corrected chi connectivity index (χ3v) is 4.32. The van der Waals surface area contributed by atoms with Crippen LogP contribution in [0.3, 0.4) is 0 Å². The normalized spacial score (nSPS) is 23.1. The molecule has 0 radical (unpaired) electrons. The maximum absolute atomic E-state index is 12.7. The molecule has 1 saturated heterocycles. The predicted octanol–water partition coefficient (Wildman–Crippen LogP) is 2.26. The zero-order valence-corrected chi connectivity index (χ0v) is 12.2. The Labute approximate surface area is 127 Å². The molecule has 2 aliphatic rings. The summed E-state index contributed by atoms with van der Waals surface area (Å²) >= 11 is 0. The fourth-order valence-corrected chi connectivity index (χ4v) is 3.06. The molecule has 4 rings (SSSR count). The Morgan fingerprint density at radius 1 is 1.23 bits per heavy atom. The van der Waals surface area contributed by atoms with Crippen LogP contribution >= 0.6 is 0 Å². The molecule has 1 atom stereocenters. The second kappa shape index (κ2) is 4.48.